The molecule has 0 saturated carbocycles. The average molecular weight is 415 g/mol. The minimum Gasteiger partial charge on any atom is -0.454 e. The largest absolute Gasteiger partial charge is 0.454 e. The molecule has 5 rings (SSSR count). The van der Waals surface area contributed by atoms with Crippen molar-refractivity contribution in [2.24, 2.45) is 5.41 Å². The summed E-state index contributed by atoms with van der Waals surface area (Å²) >= 11 is 0. The number of halogens is 3. The van der Waals surface area contributed by atoms with Crippen molar-refractivity contribution >= 4 is 11.5 Å². The lowest BCUT2D eigenvalue weighted by molar-refractivity contribution is -0.138. The van der Waals surface area contributed by atoms with Crippen molar-refractivity contribution in [2.45, 2.75) is 38.8 Å². The maximum absolute atomic E-state index is 13.9. The number of rotatable bonds is 1. The van der Waals surface area contributed by atoms with Gasteiger partial charge in [-0.05, 0) is 35.1 Å². The van der Waals surface area contributed by atoms with E-state index in [0.717, 1.165) is 6.07 Å². The first-order valence-electron chi connectivity index (χ1n) is 9.77. The molecule has 0 amide bonds. The highest BCUT2D eigenvalue weighted by molar-refractivity contribution is 6.02. The second kappa shape index (κ2) is 6.27. The molecular formula is C23H20F3NO3. The third-order valence-electron chi connectivity index (χ3n) is 5.93. The summed E-state index contributed by atoms with van der Waals surface area (Å²) in [6.07, 6.45) is -3.67. The molecule has 0 spiro atoms. The number of carbonyl (C=O) groups is 1. The number of ketones is 1. The Morgan fingerprint density at radius 1 is 1.03 bits per heavy atom. The zero-order valence-electron chi connectivity index (χ0n) is 16.5. The maximum Gasteiger partial charge on any atom is 0.416 e. The molecule has 2 aromatic rings. The summed E-state index contributed by atoms with van der Waals surface area (Å²) in [5.41, 5.74) is 1.40. The van der Waals surface area contributed by atoms with Crippen LogP contribution in [0.5, 0.6) is 11.5 Å². The second-order valence-corrected chi connectivity index (χ2v) is 8.77. The van der Waals surface area contributed by atoms with E-state index in [4.69, 9.17) is 9.47 Å². The van der Waals surface area contributed by atoms with Gasteiger partial charge in [0.1, 0.15) is 0 Å². The van der Waals surface area contributed by atoms with E-state index < -0.39 is 17.7 Å². The number of allylic oxidation sites excluding steroid dienone is 2. The Labute approximate surface area is 171 Å². The molecule has 0 aromatic heterocycles. The van der Waals surface area contributed by atoms with Gasteiger partial charge in [0.05, 0.1) is 5.56 Å². The summed E-state index contributed by atoms with van der Waals surface area (Å²) in [4.78, 5) is 13.2. The van der Waals surface area contributed by atoms with E-state index in [-0.39, 0.29) is 30.0 Å². The van der Waals surface area contributed by atoms with Gasteiger partial charge in [-0.1, -0.05) is 32.0 Å². The Morgan fingerprint density at radius 2 is 1.73 bits per heavy atom. The summed E-state index contributed by atoms with van der Waals surface area (Å²) in [5, 5.41) is 3.31. The summed E-state index contributed by atoms with van der Waals surface area (Å²) in [5.74, 6) is 0.0541. The fraction of sp³-hybridized carbons (Fsp3) is 0.348. The van der Waals surface area contributed by atoms with E-state index in [0.29, 0.717) is 40.4 Å². The molecule has 7 heteroatoms. The monoisotopic (exact) mass is 415 g/mol. The Morgan fingerprint density at radius 3 is 2.47 bits per heavy atom. The minimum atomic E-state index is -4.53. The summed E-state index contributed by atoms with van der Waals surface area (Å²) in [6.45, 7) is 4.04. The highest BCUT2D eigenvalue weighted by Gasteiger charge is 2.44. The highest BCUT2D eigenvalue weighted by atomic mass is 19.4. The van der Waals surface area contributed by atoms with Crippen LogP contribution in [0.1, 0.15) is 49.3 Å². The molecule has 30 heavy (non-hydrogen) atoms. The van der Waals surface area contributed by atoms with Crippen LogP contribution in [-0.4, -0.2) is 12.6 Å². The number of ether oxygens (including phenoxy) is 2. The average Bonchev–Trinajstić information content (AvgIpc) is 3.10. The van der Waals surface area contributed by atoms with Crippen molar-refractivity contribution in [3.05, 3.63) is 64.4 Å². The molecule has 4 nitrogen and oxygen atoms in total. The first kappa shape index (κ1) is 19.0. The second-order valence-electron chi connectivity index (χ2n) is 8.77. The molecule has 2 aromatic carbocycles. The third kappa shape index (κ3) is 2.95. The van der Waals surface area contributed by atoms with Gasteiger partial charge in [-0.15, -0.1) is 0 Å². The van der Waals surface area contributed by atoms with Crippen molar-refractivity contribution in [2.75, 3.05) is 12.1 Å². The lowest BCUT2D eigenvalue weighted by Gasteiger charge is -2.40. The molecule has 3 aliphatic rings. The molecular weight excluding hydrogens is 395 g/mol. The molecule has 2 aliphatic heterocycles. The number of fused-ring (bicyclic) bond motifs is 2. The van der Waals surface area contributed by atoms with Gasteiger partial charge < -0.3 is 14.8 Å². The maximum atomic E-state index is 13.9. The standard InChI is InChI=1S/C23H20F3NO3/c1-22(2)9-16-21(17(28)10-22)20(12-5-3-4-6-14(12)23(24,25)26)13-7-18-19(30-11-29-18)8-15(13)27-16/h3-8,20,27H,9-11H2,1-2H3/t20-/m1/s1. The Bertz CT molecular complexity index is 1100. The van der Waals surface area contributed by atoms with E-state index >= 15 is 0 Å². The number of hydrogen-bond acceptors (Lipinski definition) is 4. The SMILES string of the molecule is CC1(C)CC(=O)C2=C(C1)Nc1cc3c(cc1[C@H]2c1ccccc1C(F)(F)F)OCO3. The third-order valence-corrected chi connectivity index (χ3v) is 5.93. The lowest BCUT2D eigenvalue weighted by atomic mass is 9.68. The smallest absolute Gasteiger partial charge is 0.416 e. The molecule has 0 bridgehead atoms. The van der Waals surface area contributed by atoms with Gasteiger partial charge in [-0.25, -0.2) is 0 Å². The normalized spacial score (nSPS) is 21.8. The van der Waals surface area contributed by atoms with E-state index in [9.17, 15) is 18.0 Å². The summed E-state index contributed by atoms with van der Waals surface area (Å²) < 4.78 is 52.6. The van der Waals surface area contributed by atoms with E-state index in [1.54, 1.807) is 18.2 Å². The van der Waals surface area contributed by atoms with Crippen LogP contribution in [0.3, 0.4) is 0 Å². The van der Waals surface area contributed by atoms with E-state index in [1.807, 2.05) is 13.8 Å². The van der Waals surface area contributed by atoms with Crippen LogP contribution in [0.4, 0.5) is 18.9 Å². The fourth-order valence-electron chi connectivity index (χ4n) is 4.73. The number of carbonyl (C=O) groups excluding carboxylic acids is 1. The van der Waals surface area contributed by atoms with Crippen molar-refractivity contribution in [3.8, 4) is 11.5 Å². The van der Waals surface area contributed by atoms with Crippen molar-refractivity contribution in [1.29, 1.82) is 0 Å². The van der Waals surface area contributed by atoms with Gasteiger partial charge in [-0.3, -0.25) is 4.79 Å². The molecule has 1 N–H and O–H groups in total. The molecule has 156 valence electrons. The Kier molecular flexibility index (Phi) is 3.98. The van der Waals surface area contributed by atoms with Crippen LogP contribution in [0, 0.1) is 5.41 Å². The topological polar surface area (TPSA) is 47.6 Å². The molecule has 0 saturated heterocycles. The van der Waals surface area contributed by atoms with E-state index in [2.05, 4.69) is 5.32 Å². The van der Waals surface area contributed by atoms with E-state index in [1.165, 1.54) is 12.1 Å². The number of Topliss-reactive ketones (excluding diaryl/α,β-unsaturated/α-hetero) is 1. The Hall–Kier alpha value is -2.96. The molecule has 0 fully saturated rings. The quantitative estimate of drug-likeness (QED) is 0.655. The minimum absolute atomic E-state index is 0.0567. The predicted octanol–water partition coefficient (Wildman–Crippen LogP) is 5.63. The molecule has 1 atom stereocenters. The molecule has 0 radical (unpaired) electrons. The molecule has 2 heterocycles. The van der Waals surface area contributed by atoms with Gasteiger partial charge in [0.15, 0.2) is 17.3 Å². The highest BCUT2D eigenvalue weighted by Crippen LogP contribution is 2.53. The van der Waals surface area contributed by atoms with Crippen LogP contribution >= 0.6 is 0 Å². The number of benzene rings is 2. The molecule has 0 unspecified atom stereocenters. The van der Waals surface area contributed by atoms with Gasteiger partial charge >= 0.3 is 6.18 Å². The zero-order valence-corrected chi connectivity index (χ0v) is 16.5. The number of hydrogen-bond donors (Lipinski definition) is 1. The molecule has 1 aliphatic carbocycles. The van der Waals surface area contributed by atoms with Crippen molar-refractivity contribution < 1.29 is 27.4 Å². The van der Waals surface area contributed by atoms with Crippen LogP contribution in [-0.2, 0) is 11.0 Å². The first-order chi connectivity index (χ1) is 14.1. The van der Waals surface area contributed by atoms with Gasteiger partial charge in [0.25, 0.3) is 0 Å². The van der Waals surface area contributed by atoms with Crippen LogP contribution in [0.15, 0.2) is 47.7 Å². The summed E-state index contributed by atoms with van der Waals surface area (Å²) in [6, 6.07) is 8.92. The first-order valence-corrected chi connectivity index (χ1v) is 9.77. The van der Waals surface area contributed by atoms with Gasteiger partial charge in [-0.2, -0.15) is 13.2 Å². The number of nitrogens with one attached hydrogen (secondary N) is 1. The number of alkyl halides is 3. The van der Waals surface area contributed by atoms with Gasteiger partial charge in [0, 0.05) is 35.4 Å². The lowest BCUT2D eigenvalue weighted by Crippen LogP contribution is -2.34. The number of anilines is 1. The van der Waals surface area contributed by atoms with Crippen molar-refractivity contribution in [3.63, 3.8) is 0 Å². The fourth-order valence-corrected chi connectivity index (χ4v) is 4.73. The zero-order chi connectivity index (χ0) is 21.3. The summed E-state index contributed by atoms with van der Waals surface area (Å²) in [7, 11) is 0. The van der Waals surface area contributed by atoms with Gasteiger partial charge in [0.2, 0.25) is 6.79 Å². The van der Waals surface area contributed by atoms with Crippen LogP contribution < -0.4 is 14.8 Å². The predicted molar refractivity (Wildman–Crippen MR) is 105 cm³/mol. The Balaban J connectivity index is 1.78. The van der Waals surface area contributed by atoms with Crippen molar-refractivity contribution in [1.82, 2.24) is 0 Å². The van der Waals surface area contributed by atoms with Crippen LogP contribution in [0.25, 0.3) is 0 Å². The van der Waals surface area contributed by atoms with Crippen LogP contribution in [0.2, 0.25) is 0 Å².